The van der Waals surface area contributed by atoms with Crippen LogP contribution in [0.4, 0.5) is 14.3 Å². The number of amides is 1. The summed E-state index contributed by atoms with van der Waals surface area (Å²) in [6, 6.07) is 5.37. The molecule has 0 spiro atoms. The highest BCUT2D eigenvalue weighted by atomic mass is 32.1. The van der Waals surface area contributed by atoms with Gasteiger partial charge in [0.05, 0.1) is 5.69 Å². The van der Waals surface area contributed by atoms with Gasteiger partial charge < -0.3 is 15.4 Å². The van der Waals surface area contributed by atoms with E-state index in [1.807, 2.05) is 26.8 Å². The summed E-state index contributed by atoms with van der Waals surface area (Å²) in [4.78, 5) is 18.1. The van der Waals surface area contributed by atoms with E-state index in [4.69, 9.17) is 9.72 Å². The predicted octanol–water partition coefficient (Wildman–Crippen LogP) is 5.69. The largest absolute Gasteiger partial charge is 0.446 e. The van der Waals surface area contributed by atoms with Crippen LogP contribution in [0, 0.1) is 5.82 Å². The van der Waals surface area contributed by atoms with Gasteiger partial charge in [-0.15, -0.1) is 11.3 Å². The van der Waals surface area contributed by atoms with Crippen molar-refractivity contribution >= 4 is 22.6 Å². The highest BCUT2D eigenvalue weighted by Gasteiger charge is 2.27. The molecule has 4 rings (SSSR count). The summed E-state index contributed by atoms with van der Waals surface area (Å²) in [6.45, 7) is 5.83. The van der Waals surface area contributed by atoms with E-state index in [0.717, 1.165) is 61.3 Å². The highest BCUT2D eigenvalue weighted by molar-refractivity contribution is 7.16. The monoisotopic (exact) mass is 431 g/mol. The number of benzene rings is 1. The van der Waals surface area contributed by atoms with Gasteiger partial charge in [-0.05, 0) is 83.4 Å². The Labute approximate surface area is 181 Å². The van der Waals surface area contributed by atoms with Crippen LogP contribution in [0.25, 0.3) is 11.3 Å². The lowest BCUT2D eigenvalue weighted by atomic mass is 9.93. The number of aryl methyl sites for hydroxylation is 2. The van der Waals surface area contributed by atoms with Crippen molar-refractivity contribution in [1.82, 2.24) is 10.3 Å². The van der Waals surface area contributed by atoms with Gasteiger partial charge in [-0.1, -0.05) is 6.07 Å². The smallest absolute Gasteiger partial charge is 0.407 e. The number of carbonyl (C=O) groups is 1. The molecule has 0 saturated heterocycles. The van der Waals surface area contributed by atoms with Gasteiger partial charge in [-0.25, -0.2) is 14.2 Å². The number of thiazole rings is 1. The van der Waals surface area contributed by atoms with Crippen molar-refractivity contribution in [3.05, 3.63) is 34.5 Å². The van der Waals surface area contributed by atoms with Gasteiger partial charge in [0.1, 0.15) is 11.9 Å². The number of rotatable bonds is 3. The van der Waals surface area contributed by atoms with Crippen LogP contribution in [-0.2, 0) is 17.6 Å². The Hall–Kier alpha value is -2.15. The molecule has 1 amide bonds. The molecule has 0 atom stereocenters. The van der Waals surface area contributed by atoms with E-state index in [2.05, 4.69) is 10.6 Å². The molecule has 2 aromatic rings. The molecule has 1 fully saturated rings. The summed E-state index contributed by atoms with van der Waals surface area (Å²) in [5.74, 6) is -0.210. The summed E-state index contributed by atoms with van der Waals surface area (Å²) in [5, 5.41) is 7.33. The van der Waals surface area contributed by atoms with E-state index in [1.165, 1.54) is 16.5 Å². The van der Waals surface area contributed by atoms with E-state index >= 15 is 0 Å². The third kappa shape index (κ3) is 5.12. The van der Waals surface area contributed by atoms with Crippen molar-refractivity contribution in [2.45, 2.75) is 83.4 Å². The number of hydrogen-bond donors (Lipinski definition) is 2. The third-order valence-electron chi connectivity index (χ3n) is 5.63. The average Bonchev–Trinajstić information content (AvgIpc) is 2.98. The van der Waals surface area contributed by atoms with Gasteiger partial charge in [0, 0.05) is 22.0 Å². The van der Waals surface area contributed by atoms with Crippen LogP contribution in [0.2, 0.25) is 0 Å². The molecule has 2 aliphatic rings. The van der Waals surface area contributed by atoms with E-state index in [9.17, 15) is 9.18 Å². The Balaban J connectivity index is 1.36. The predicted molar refractivity (Wildman–Crippen MR) is 119 cm³/mol. The molecule has 5 nitrogen and oxygen atoms in total. The Kier molecular flexibility index (Phi) is 6.00. The number of hydrogen-bond acceptors (Lipinski definition) is 5. The first-order chi connectivity index (χ1) is 14.3. The van der Waals surface area contributed by atoms with E-state index in [-0.39, 0.29) is 23.6 Å². The van der Waals surface area contributed by atoms with Crippen LogP contribution < -0.4 is 10.6 Å². The molecule has 0 bridgehead atoms. The molecule has 0 aliphatic heterocycles. The molecule has 1 aromatic heterocycles. The maximum atomic E-state index is 13.8. The number of alkyl carbamates (subject to hydrolysis) is 1. The second-order valence-corrected chi connectivity index (χ2v) is 10.4. The van der Waals surface area contributed by atoms with E-state index < -0.39 is 0 Å². The topological polar surface area (TPSA) is 63.2 Å². The van der Waals surface area contributed by atoms with Crippen molar-refractivity contribution in [3.63, 3.8) is 0 Å². The first kappa shape index (κ1) is 21.1. The molecule has 2 aliphatic carbocycles. The summed E-state index contributed by atoms with van der Waals surface area (Å²) in [6.07, 6.45) is 6.19. The Bertz CT molecular complexity index is 914. The van der Waals surface area contributed by atoms with Gasteiger partial charge in [0.2, 0.25) is 0 Å². The first-order valence-electron chi connectivity index (χ1n) is 10.8. The minimum Gasteiger partial charge on any atom is -0.446 e. The lowest BCUT2D eigenvalue weighted by molar-refractivity contribution is 0.0682. The molecule has 162 valence electrons. The minimum atomic E-state index is -0.339. The van der Waals surface area contributed by atoms with Crippen LogP contribution in [0.3, 0.4) is 0 Å². The number of nitrogens with zero attached hydrogens (tertiary/aromatic N) is 1. The fourth-order valence-corrected chi connectivity index (χ4v) is 5.30. The zero-order valence-electron chi connectivity index (χ0n) is 17.9. The Morgan fingerprint density at radius 1 is 1.20 bits per heavy atom. The molecular weight excluding hydrogens is 401 g/mol. The molecule has 0 radical (unpaired) electrons. The SMILES string of the molecule is CC(C)(C)NC(=O)OC1CCC(Nc2nc3c(s2)CCCc2ccc(F)cc2-3)CC1. The lowest BCUT2D eigenvalue weighted by Crippen LogP contribution is -2.43. The number of ether oxygens (including phenoxy) is 1. The molecule has 1 heterocycles. The molecule has 1 saturated carbocycles. The van der Waals surface area contributed by atoms with Crippen LogP contribution >= 0.6 is 11.3 Å². The number of aromatic nitrogens is 1. The van der Waals surface area contributed by atoms with Crippen LogP contribution in [-0.4, -0.2) is 28.8 Å². The standard InChI is InChI=1S/C23H30FN3O2S/c1-23(2,3)27-22(28)29-17-11-9-16(10-12-17)25-21-26-20-18-13-15(24)8-7-14(18)5-4-6-19(20)30-21/h7-8,13,16-17H,4-6,9-12H2,1-3H3,(H,25,26)(H,27,28). The zero-order valence-corrected chi connectivity index (χ0v) is 18.7. The van der Waals surface area contributed by atoms with Crippen molar-refractivity contribution < 1.29 is 13.9 Å². The van der Waals surface area contributed by atoms with Crippen molar-refractivity contribution in [3.8, 4) is 11.3 Å². The maximum Gasteiger partial charge on any atom is 0.407 e. The van der Waals surface area contributed by atoms with Gasteiger partial charge >= 0.3 is 6.09 Å². The molecule has 2 N–H and O–H groups in total. The number of fused-ring (bicyclic) bond motifs is 3. The van der Waals surface area contributed by atoms with Gasteiger partial charge in [0.25, 0.3) is 0 Å². The van der Waals surface area contributed by atoms with E-state index in [1.54, 1.807) is 17.4 Å². The molecule has 0 unspecified atom stereocenters. The van der Waals surface area contributed by atoms with Crippen LogP contribution in [0.5, 0.6) is 0 Å². The summed E-state index contributed by atoms with van der Waals surface area (Å²) >= 11 is 1.69. The number of halogens is 1. The zero-order chi connectivity index (χ0) is 21.3. The number of carbonyl (C=O) groups excluding carboxylic acids is 1. The molecular formula is C23H30FN3O2S. The normalized spacial score (nSPS) is 21.2. The fraction of sp³-hybridized carbons (Fsp3) is 0.565. The van der Waals surface area contributed by atoms with E-state index in [0.29, 0.717) is 6.04 Å². The fourth-order valence-electron chi connectivity index (χ4n) is 4.21. The van der Waals surface area contributed by atoms with Gasteiger partial charge in [-0.3, -0.25) is 0 Å². The first-order valence-corrected chi connectivity index (χ1v) is 11.6. The highest BCUT2D eigenvalue weighted by Crippen LogP contribution is 2.38. The second kappa shape index (κ2) is 8.53. The number of anilines is 1. The Morgan fingerprint density at radius 2 is 1.97 bits per heavy atom. The van der Waals surface area contributed by atoms with Crippen molar-refractivity contribution in [1.29, 1.82) is 0 Å². The summed E-state index contributed by atoms with van der Waals surface area (Å²) in [5.41, 5.74) is 2.76. The number of nitrogens with one attached hydrogen (secondary N) is 2. The quantitative estimate of drug-likeness (QED) is 0.656. The Morgan fingerprint density at radius 3 is 2.70 bits per heavy atom. The molecule has 30 heavy (non-hydrogen) atoms. The van der Waals surface area contributed by atoms with Gasteiger partial charge in [0.15, 0.2) is 5.13 Å². The van der Waals surface area contributed by atoms with Crippen molar-refractivity contribution in [2.75, 3.05) is 5.32 Å². The molecule has 7 heteroatoms. The lowest BCUT2D eigenvalue weighted by Gasteiger charge is -2.30. The third-order valence-corrected chi connectivity index (χ3v) is 6.67. The van der Waals surface area contributed by atoms with Crippen LogP contribution in [0.15, 0.2) is 18.2 Å². The summed E-state index contributed by atoms with van der Waals surface area (Å²) < 4.78 is 19.4. The molecule has 1 aromatic carbocycles. The second-order valence-electron chi connectivity index (χ2n) is 9.34. The average molecular weight is 432 g/mol. The minimum absolute atomic E-state index is 0.0340. The van der Waals surface area contributed by atoms with Crippen LogP contribution in [0.1, 0.15) is 63.3 Å². The van der Waals surface area contributed by atoms with Gasteiger partial charge in [-0.2, -0.15) is 0 Å². The summed E-state index contributed by atoms with van der Waals surface area (Å²) in [7, 11) is 0. The maximum absolute atomic E-state index is 13.8. The van der Waals surface area contributed by atoms with Crippen molar-refractivity contribution in [2.24, 2.45) is 0 Å².